The first-order chi connectivity index (χ1) is 9.08. The molecule has 0 spiro atoms. The molecule has 0 aromatic carbocycles. The zero-order valence-electron chi connectivity index (χ0n) is 11.4. The molecule has 6 heteroatoms. The second-order valence-electron chi connectivity index (χ2n) is 4.39. The summed E-state index contributed by atoms with van der Waals surface area (Å²) in [7, 11) is 1.62. The summed E-state index contributed by atoms with van der Waals surface area (Å²) in [4.78, 5) is 13.9. The highest BCUT2D eigenvalue weighted by atomic mass is 32.1. The number of carbonyl (C=O) groups is 1. The standard InChI is InChI=1S/C13H18N4OS/c1-9-4-11(10(2)19-9)5-15-12-6-16-17(7-12)8-13(18)14-3/h4,6-7,15H,5,8H2,1-3H3,(H,14,18). The molecule has 2 aromatic rings. The molecule has 5 nitrogen and oxygen atoms in total. The maximum absolute atomic E-state index is 11.2. The predicted molar refractivity (Wildman–Crippen MR) is 77.4 cm³/mol. The molecule has 102 valence electrons. The average molecular weight is 278 g/mol. The number of rotatable bonds is 5. The molecule has 0 unspecified atom stereocenters. The molecule has 0 aliphatic rings. The molecule has 2 aromatic heterocycles. The Kier molecular flexibility index (Phi) is 4.21. The Morgan fingerprint density at radius 2 is 2.26 bits per heavy atom. The van der Waals surface area contributed by atoms with Gasteiger partial charge in [0.15, 0.2) is 0 Å². The molecule has 0 aliphatic carbocycles. The number of aryl methyl sites for hydroxylation is 2. The lowest BCUT2D eigenvalue weighted by Gasteiger charge is -2.02. The zero-order valence-corrected chi connectivity index (χ0v) is 12.2. The van der Waals surface area contributed by atoms with Crippen LogP contribution in [-0.2, 0) is 17.9 Å². The van der Waals surface area contributed by atoms with Crippen LogP contribution in [0.3, 0.4) is 0 Å². The third-order valence-electron chi connectivity index (χ3n) is 2.84. The third-order valence-corrected chi connectivity index (χ3v) is 3.85. The summed E-state index contributed by atoms with van der Waals surface area (Å²) >= 11 is 1.81. The number of anilines is 1. The van der Waals surface area contributed by atoms with E-state index in [1.165, 1.54) is 15.3 Å². The molecule has 0 fully saturated rings. The maximum Gasteiger partial charge on any atom is 0.241 e. The number of carbonyl (C=O) groups excluding carboxylic acids is 1. The summed E-state index contributed by atoms with van der Waals surface area (Å²) in [5.74, 6) is -0.0565. The number of hydrogen-bond acceptors (Lipinski definition) is 4. The summed E-state index contributed by atoms with van der Waals surface area (Å²) in [6, 6.07) is 2.20. The summed E-state index contributed by atoms with van der Waals surface area (Å²) in [5.41, 5.74) is 2.23. The van der Waals surface area contributed by atoms with Crippen molar-refractivity contribution < 1.29 is 4.79 Å². The minimum absolute atomic E-state index is 0.0565. The van der Waals surface area contributed by atoms with Gasteiger partial charge < -0.3 is 10.6 Å². The van der Waals surface area contributed by atoms with E-state index in [1.807, 2.05) is 17.5 Å². The van der Waals surface area contributed by atoms with E-state index in [2.05, 4.69) is 35.6 Å². The highest BCUT2D eigenvalue weighted by Gasteiger charge is 2.05. The van der Waals surface area contributed by atoms with E-state index in [1.54, 1.807) is 17.9 Å². The SMILES string of the molecule is CNC(=O)Cn1cc(NCc2cc(C)sc2C)cn1. The van der Waals surface area contributed by atoms with Gasteiger partial charge in [-0.3, -0.25) is 9.48 Å². The van der Waals surface area contributed by atoms with Crippen molar-refractivity contribution in [2.45, 2.75) is 26.9 Å². The van der Waals surface area contributed by atoms with Crippen LogP contribution in [0.4, 0.5) is 5.69 Å². The fourth-order valence-electron chi connectivity index (χ4n) is 1.82. The van der Waals surface area contributed by atoms with Crippen molar-refractivity contribution in [1.29, 1.82) is 0 Å². The van der Waals surface area contributed by atoms with Crippen molar-refractivity contribution >= 4 is 22.9 Å². The van der Waals surface area contributed by atoms with Gasteiger partial charge >= 0.3 is 0 Å². The van der Waals surface area contributed by atoms with Crippen LogP contribution in [0, 0.1) is 13.8 Å². The molecule has 0 saturated carbocycles. The molecular formula is C13H18N4OS. The minimum Gasteiger partial charge on any atom is -0.378 e. The molecule has 2 N–H and O–H groups in total. The van der Waals surface area contributed by atoms with Crippen LogP contribution in [0.15, 0.2) is 18.5 Å². The van der Waals surface area contributed by atoms with E-state index >= 15 is 0 Å². The van der Waals surface area contributed by atoms with E-state index in [0.29, 0.717) is 0 Å². The van der Waals surface area contributed by atoms with Crippen molar-refractivity contribution in [3.63, 3.8) is 0 Å². The predicted octanol–water partition coefficient (Wildman–Crippen LogP) is 1.92. The van der Waals surface area contributed by atoms with Crippen LogP contribution < -0.4 is 10.6 Å². The normalized spacial score (nSPS) is 10.5. The van der Waals surface area contributed by atoms with E-state index in [9.17, 15) is 4.79 Å². The maximum atomic E-state index is 11.2. The van der Waals surface area contributed by atoms with Crippen LogP contribution in [0.5, 0.6) is 0 Å². The van der Waals surface area contributed by atoms with Crippen molar-refractivity contribution in [1.82, 2.24) is 15.1 Å². The van der Waals surface area contributed by atoms with Crippen LogP contribution in [-0.4, -0.2) is 22.7 Å². The molecule has 0 aliphatic heterocycles. The van der Waals surface area contributed by atoms with Gasteiger partial charge in [-0.05, 0) is 25.5 Å². The quantitative estimate of drug-likeness (QED) is 0.878. The lowest BCUT2D eigenvalue weighted by atomic mass is 10.2. The molecule has 2 heterocycles. The Balaban J connectivity index is 1.93. The van der Waals surface area contributed by atoms with Gasteiger partial charge in [0.2, 0.25) is 5.91 Å². The average Bonchev–Trinajstić information content (AvgIpc) is 2.93. The van der Waals surface area contributed by atoms with Crippen LogP contribution >= 0.6 is 11.3 Å². The molecule has 0 bridgehead atoms. The molecule has 1 amide bonds. The van der Waals surface area contributed by atoms with Crippen molar-refractivity contribution in [2.24, 2.45) is 0 Å². The number of thiophene rings is 1. The lowest BCUT2D eigenvalue weighted by Crippen LogP contribution is -2.23. The number of hydrogen-bond donors (Lipinski definition) is 2. The summed E-state index contributed by atoms with van der Waals surface area (Å²) in [5, 5.41) is 10.0. The minimum atomic E-state index is -0.0565. The molecule has 0 atom stereocenters. The summed E-state index contributed by atoms with van der Waals surface area (Å²) < 4.78 is 1.62. The lowest BCUT2D eigenvalue weighted by molar-refractivity contribution is -0.121. The highest BCUT2D eigenvalue weighted by molar-refractivity contribution is 7.12. The fourth-order valence-corrected chi connectivity index (χ4v) is 2.77. The molecule has 0 radical (unpaired) electrons. The Bertz CT molecular complexity index is 573. The van der Waals surface area contributed by atoms with Crippen LogP contribution in [0.1, 0.15) is 15.3 Å². The molecular weight excluding hydrogens is 260 g/mol. The van der Waals surface area contributed by atoms with Crippen LogP contribution in [0.2, 0.25) is 0 Å². The van der Waals surface area contributed by atoms with Gasteiger partial charge in [0.1, 0.15) is 6.54 Å². The van der Waals surface area contributed by atoms with Gasteiger partial charge in [0.05, 0.1) is 11.9 Å². The summed E-state index contributed by atoms with van der Waals surface area (Å²) in [6.45, 7) is 5.27. The number of likely N-dealkylation sites (N-methyl/N-ethyl adjacent to an activating group) is 1. The second kappa shape index (κ2) is 5.88. The summed E-state index contributed by atoms with van der Waals surface area (Å²) in [6.07, 6.45) is 3.57. The molecule has 19 heavy (non-hydrogen) atoms. The smallest absolute Gasteiger partial charge is 0.241 e. The Labute approximate surface area is 116 Å². The molecule has 2 rings (SSSR count). The topological polar surface area (TPSA) is 59.0 Å². The first-order valence-electron chi connectivity index (χ1n) is 6.11. The van der Waals surface area contributed by atoms with E-state index < -0.39 is 0 Å². The van der Waals surface area contributed by atoms with Gasteiger partial charge in [-0.15, -0.1) is 11.3 Å². The van der Waals surface area contributed by atoms with Crippen LogP contribution in [0.25, 0.3) is 0 Å². The Morgan fingerprint density at radius 3 is 2.89 bits per heavy atom. The van der Waals surface area contributed by atoms with E-state index in [-0.39, 0.29) is 12.5 Å². The molecule has 0 saturated heterocycles. The van der Waals surface area contributed by atoms with Crippen molar-refractivity contribution in [3.8, 4) is 0 Å². The number of aromatic nitrogens is 2. The first kappa shape index (κ1) is 13.6. The number of amides is 1. The van der Waals surface area contributed by atoms with E-state index in [0.717, 1.165) is 12.2 Å². The monoisotopic (exact) mass is 278 g/mol. The van der Waals surface area contributed by atoms with Crippen molar-refractivity contribution in [2.75, 3.05) is 12.4 Å². The fraction of sp³-hybridized carbons (Fsp3) is 0.385. The van der Waals surface area contributed by atoms with Gasteiger partial charge in [-0.1, -0.05) is 0 Å². The van der Waals surface area contributed by atoms with Gasteiger partial charge in [-0.25, -0.2) is 0 Å². The van der Waals surface area contributed by atoms with Gasteiger partial charge in [0, 0.05) is 29.5 Å². The van der Waals surface area contributed by atoms with Gasteiger partial charge in [0.25, 0.3) is 0 Å². The van der Waals surface area contributed by atoms with Gasteiger partial charge in [-0.2, -0.15) is 5.10 Å². The zero-order chi connectivity index (χ0) is 13.8. The number of nitrogens with zero attached hydrogens (tertiary/aromatic N) is 2. The first-order valence-corrected chi connectivity index (χ1v) is 6.93. The highest BCUT2D eigenvalue weighted by Crippen LogP contribution is 2.21. The number of nitrogens with one attached hydrogen (secondary N) is 2. The third kappa shape index (κ3) is 3.57. The Hall–Kier alpha value is -1.82. The largest absolute Gasteiger partial charge is 0.378 e. The second-order valence-corrected chi connectivity index (χ2v) is 5.85. The van der Waals surface area contributed by atoms with E-state index in [4.69, 9.17) is 0 Å². The Morgan fingerprint density at radius 1 is 1.47 bits per heavy atom. The van der Waals surface area contributed by atoms with Crippen molar-refractivity contribution in [3.05, 3.63) is 33.8 Å².